The highest BCUT2D eigenvalue weighted by molar-refractivity contribution is 7.11. The standard InChI is InChI=1S/C14H16Cl2N2S/c1-3-13-8(2)19-14(18-13)7-12(17)10-5-4-9(15)6-11(10)16/h4-6,12H,3,7,17H2,1-2H3. The minimum absolute atomic E-state index is 0.153. The molecule has 1 heterocycles. The van der Waals surface area contributed by atoms with Crippen molar-refractivity contribution in [3.8, 4) is 0 Å². The minimum Gasteiger partial charge on any atom is -0.324 e. The van der Waals surface area contributed by atoms with Gasteiger partial charge in [-0.3, -0.25) is 0 Å². The van der Waals surface area contributed by atoms with Crippen LogP contribution in [-0.2, 0) is 12.8 Å². The summed E-state index contributed by atoms with van der Waals surface area (Å²) in [6.45, 7) is 4.21. The summed E-state index contributed by atoms with van der Waals surface area (Å²) in [7, 11) is 0. The van der Waals surface area contributed by atoms with Crippen molar-refractivity contribution >= 4 is 34.5 Å². The van der Waals surface area contributed by atoms with E-state index in [0.717, 1.165) is 22.7 Å². The molecule has 2 nitrogen and oxygen atoms in total. The second kappa shape index (κ2) is 6.23. The molecule has 1 unspecified atom stereocenters. The van der Waals surface area contributed by atoms with Crippen LogP contribution < -0.4 is 5.73 Å². The smallest absolute Gasteiger partial charge is 0.0949 e. The summed E-state index contributed by atoms with van der Waals surface area (Å²) in [5.74, 6) is 0. The number of nitrogens with two attached hydrogens (primary N) is 1. The molecule has 0 aliphatic carbocycles. The van der Waals surface area contributed by atoms with Crippen molar-refractivity contribution in [3.63, 3.8) is 0 Å². The van der Waals surface area contributed by atoms with Gasteiger partial charge < -0.3 is 5.73 Å². The van der Waals surface area contributed by atoms with Crippen molar-refractivity contribution in [2.45, 2.75) is 32.7 Å². The van der Waals surface area contributed by atoms with E-state index in [9.17, 15) is 0 Å². The van der Waals surface area contributed by atoms with Gasteiger partial charge in [0.2, 0.25) is 0 Å². The maximum Gasteiger partial charge on any atom is 0.0949 e. The average molecular weight is 315 g/mol. The molecule has 19 heavy (non-hydrogen) atoms. The number of rotatable bonds is 4. The van der Waals surface area contributed by atoms with E-state index < -0.39 is 0 Å². The van der Waals surface area contributed by atoms with Crippen LogP contribution in [0.3, 0.4) is 0 Å². The van der Waals surface area contributed by atoms with Crippen LogP contribution >= 0.6 is 34.5 Å². The second-order valence-electron chi connectivity index (χ2n) is 4.44. The lowest BCUT2D eigenvalue weighted by atomic mass is 10.1. The van der Waals surface area contributed by atoms with Gasteiger partial charge >= 0.3 is 0 Å². The van der Waals surface area contributed by atoms with Gasteiger partial charge in [0.1, 0.15) is 0 Å². The molecule has 2 N–H and O–H groups in total. The average Bonchev–Trinajstić information content (AvgIpc) is 2.69. The van der Waals surface area contributed by atoms with E-state index in [4.69, 9.17) is 28.9 Å². The van der Waals surface area contributed by atoms with Crippen molar-refractivity contribution in [1.29, 1.82) is 0 Å². The fraction of sp³-hybridized carbons (Fsp3) is 0.357. The van der Waals surface area contributed by atoms with Gasteiger partial charge in [-0.05, 0) is 31.0 Å². The molecule has 102 valence electrons. The van der Waals surface area contributed by atoms with Crippen LogP contribution in [-0.4, -0.2) is 4.98 Å². The van der Waals surface area contributed by atoms with Gasteiger partial charge in [0.05, 0.1) is 10.7 Å². The molecule has 1 atom stereocenters. The summed E-state index contributed by atoms with van der Waals surface area (Å²) in [6, 6.07) is 5.27. The first-order valence-electron chi connectivity index (χ1n) is 6.17. The first-order valence-corrected chi connectivity index (χ1v) is 7.74. The highest BCUT2D eigenvalue weighted by Crippen LogP contribution is 2.28. The molecule has 1 aromatic heterocycles. The molecule has 0 spiro atoms. The fourth-order valence-corrected chi connectivity index (χ4v) is 3.63. The van der Waals surface area contributed by atoms with Crippen molar-refractivity contribution in [3.05, 3.63) is 49.4 Å². The predicted molar refractivity (Wildman–Crippen MR) is 83.3 cm³/mol. The first kappa shape index (κ1) is 14.8. The zero-order valence-corrected chi connectivity index (χ0v) is 13.2. The Balaban J connectivity index is 2.17. The Hall–Kier alpha value is -0.610. The van der Waals surface area contributed by atoms with Crippen molar-refractivity contribution in [1.82, 2.24) is 4.98 Å². The molecule has 1 aromatic carbocycles. The lowest BCUT2D eigenvalue weighted by Crippen LogP contribution is -2.13. The Morgan fingerprint density at radius 2 is 2.11 bits per heavy atom. The first-order chi connectivity index (χ1) is 9.01. The third-order valence-corrected chi connectivity index (χ3v) is 4.63. The highest BCUT2D eigenvalue weighted by atomic mass is 35.5. The molecular weight excluding hydrogens is 299 g/mol. The van der Waals surface area contributed by atoms with Crippen LogP contribution in [0.25, 0.3) is 0 Å². The number of halogens is 2. The van der Waals surface area contributed by atoms with Gasteiger partial charge in [0.25, 0.3) is 0 Å². The number of hydrogen-bond acceptors (Lipinski definition) is 3. The van der Waals surface area contributed by atoms with Crippen molar-refractivity contribution in [2.75, 3.05) is 0 Å². The van der Waals surface area contributed by atoms with Crippen molar-refractivity contribution < 1.29 is 0 Å². The largest absolute Gasteiger partial charge is 0.324 e. The fourth-order valence-electron chi connectivity index (χ4n) is 2.00. The zero-order chi connectivity index (χ0) is 14.0. The van der Waals surface area contributed by atoms with E-state index in [2.05, 4.69) is 18.8 Å². The molecule has 2 rings (SSSR count). The lowest BCUT2D eigenvalue weighted by Gasteiger charge is -2.12. The Morgan fingerprint density at radius 3 is 2.68 bits per heavy atom. The van der Waals surface area contributed by atoms with Gasteiger partial charge in [-0.25, -0.2) is 4.98 Å². The van der Waals surface area contributed by atoms with E-state index >= 15 is 0 Å². The lowest BCUT2D eigenvalue weighted by molar-refractivity contribution is 0.715. The van der Waals surface area contributed by atoms with Gasteiger partial charge in [-0.1, -0.05) is 36.2 Å². The molecule has 0 radical (unpaired) electrons. The third-order valence-electron chi connectivity index (χ3n) is 3.03. The van der Waals surface area contributed by atoms with Crippen LogP contribution in [0, 0.1) is 6.92 Å². The number of aromatic nitrogens is 1. The van der Waals surface area contributed by atoms with Gasteiger partial charge in [0, 0.05) is 27.4 Å². The molecule has 0 bridgehead atoms. The summed E-state index contributed by atoms with van der Waals surface area (Å²) in [4.78, 5) is 5.88. The maximum atomic E-state index is 6.22. The summed E-state index contributed by atoms with van der Waals surface area (Å²) >= 11 is 13.8. The van der Waals surface area contributed by atoms with E-state index in [-0.39, 0.29) is 6.04 Å². The predicted octanol–water partition coefficient (Wildman–Crippen LogP) is 4.56. The molecule has 0 aliphatic heterocycles. The van der Waals surface area contributed by atoms with Crippen molar-refractivity contribution in [2.24, 2.45) is 5.73 Å². The van der Waals surface area contributed by atoms with Crippen LogP contribution in [0.4, 0.5) is 0 Å². The molecular formula is C14H16Cl2N2S. The third kappa shape index (κ3) is 3.48. The molecule has 0 saturated heterocycles. The highest BCUT2D eigenvalue weighted by Gasteiger charge is 2.14. The number of aryl methyl sites for hydroxylation is 2. The normalized spacial score (nSPS) is 12.7. The topological polar surface area (TPSA) is 38.9 Å². The van der Waals surface area contributed by atoms with E-state index in [0.29, 0.717) is 16.5 Å². The molecule has 0 fully saturated rings. The van der Waals surface area contributed by atoms with Gasteiger partial charge in [0.15, 0.2) is 0 Å². The molecule has 2 aromatic rings. The number of benzene rings is 1. The minimum atomic E-state index is -0.153. The zero-order valence-electron chi connectivity index (χ0n) is 10.9. The van der Waals surface area contributed by atoms with Crippen LogP contribution in [0.15, 0.2) is 18.2 Å². The van der Waals surface area contributed by atoms with Gasteiger partial charge in [-0.2, -0.15) is 0 Å². The summed E-state index contributed by atoms with van der Waals surface area (Å²) in [5, 5.41) is 2.30. The Bertz CT molecular complexity index is 581. The molecule has 0 aliphatic rings. The number of hydrogen-bond donors (Lipinski definition) is 1. The van der Waals surface area contributed by atoms with Crippen LogP contribution in [0.2, 0.25) is 10.0 Å². The second-order valence-corrected chi connectivity index (χ2v) is 6.57. The Morgan fingerprint density at radius 1 is 1.37 bits per heavy atom. The van der Waals surface area contributed by atoms with Crippen LogP contribution in [0.1, 0.15) is 34.1 Å². The molecule has 5 heteroatoms. The monoisotopic (exact) mass is 314 g/mol. The summed E-state index contributed by atoms with van der Waals surface area (Å²) in [6.07, 6.45) is 1.66. The Labute approximate surface area is 127 Å². The van der Waals surface area contributed by atoms with E-state index in [1.54, 1.807) is 17.4 Å². The number of nitrogens with zero attached hydrogens (tertiary/aromatic N) is 1. The quantitative estimate of drug-likeness (QED) is 0.898. The van der Waals surface area contributed by atoms with Gasteiger partial charge in [-0.15, -0.1) is 11.3 Å². The van der Waals surface area contributed by atoms with E-state index in [1.165, 1.54) is 4.88 Å². The summed E-state index contributed by atoms with van der Waals surface area (Å²) in [5.41, 5.74) is 8.29. The maximum absolute atomic E-state index is 6.22. The number of thiazole rings is 1. The Kier molecular flexibility index (Phi) is 4.85. The molecule has 0 saturated carbocycles. The molecule has 0 amide bonds. The summed E-state index contributed by atoms with van der Waals surface area (Å²) < 4.78 is 0. The van der Waals surface area contributed by atoms with Crippen LogP contribution in [0.5, 0.6) is 0 Å². The van der Waals surface area contributed by atoms with E-state index in [1.807, 2.05) is 12.1 Å². The SMILES string of the molecule is CCc1nc(CC(N)c2ccc(Cl)cc2Cl)sc1C.